The Morgan fingerprint density at radius 2 is 2.22 bits per heavy atom. The van der Waals surface area contributed by atoms with Crippen molar-refractivity contribution >= 4 is 5.69 Å². The van der Waals surface area contributed by atoms with Gasteiger partial charge in [0.2, 0.25) is 0 Å². The molecule has 0 bridgehead atoms. The first-order chi connectivity index (χ1) is 8.69. The Morgan fingerprint density at radius 3 is 3.00 bits per heavy atom. The summed E-state index contributed by atoms with van der Waals surface area (Å²) in [4.78, 5) is 0. The monoisotopic (exact) mass is 247 g/mol. The van der Waals surface area contributed by atoms with Crippen LogP contribution in [0.5, 0.6) is 0 Å². The molecule has 18 heavy (non-hydrogen) atoms. The first-order valence-corrected chi connectivity index (χ1v) is 6.20. The predicted octanol–water partition coefficient (Wildman–Crippen LogP) is 3.35. The van der Waals surface area contributed by atoms with E-state index in [9.17, 15) is 4.39 Å². The second kappa shape index (κ2) is 5.67. The van der Waals surface area contributed by atoms with Crippen LogP contribution in [0.2, 0.25) is 0 Å². The third-order valence-electron chi connectivity index (χ3n) is 2.74. The minimum atomic E-state index is -0.221. The molecule has 0 amide bonds. The average Bonchev–Trinajstić information content (AvgIpc) is 2.79. The molecule has 0 fully saturated rings. The van der Waals surface area contributed by atoms with Gasteiger partial charge in [0.05, 0.1) is 11.9 Å². The first-order valence-electron chi connectivity index (χ1n) is 6.20. The van der Waals surface area contributed by atoms with Crippen molar-refractivity contribution < 1.29 is 4.39 Å². The quantitative estimate of drug-likeness (QED) is 0.878. The van der Waals surface area contributed by atoms with E-state index in [0.717, 1.165) is 24.1 Å². The Bertz CT molecular complexity index is 520. The van der Waals surface area contributed by atoms with Gasteiger partial charge < -0.3 is 5.32 Å². The van der Waals surface area contributed by atoms with Crippen molar-refractivity contribution in [1.82, 2.24) is 9.78 Å². The third-order valence-corrected chi connectivity index (χ3v) is 2.74. The molecule has 1 heterocycles. The highest BCUT2D eigenvalue weighted by Gasteiger charge is 2.03. The highest BCUT2D eigenvalue weighted by molar-refractivity contribution is 5.47. The molecule has 0 spiro atoms. The average molecular weight is 247 g/mol. The number of nitrogens with one attached hydrogen (secondary N) is 1. The largest absolute Gasteiger partial charge is 0.378 e. The molecule has 3 nitrogen and oxygen atoms in total. The SMILES string of the molecule is CCCn1cc(CNc2cc(C)ccc2F)cn1. The second-order valence-electron chi connectivity index (χ2n) is 4.45. The summed E-state index contributed by atoms with van der Waals surface area (Å²) in [6, 6.07) is 5.06. The van der Waals surface area contributed by atoms with E-state index in [1.165, 1.54) is 6.07 Å². The van der Waals surface area contributed by atoms with E-state index in [-0.39, 0.29) is 5.82 Å². The number of benzene rings is 1. The molecular formula is C14H18FN3. The molecule has 2 aromatic rings. The molecule has 1 N–H and O–H groups in total. The number of hydrogen-bond donors (Lipinski definition) is 1. The minimum absolute atomic E-state index is 0.221. The fourth-order valence-corrected chi connectivity index (χ4v) is 1.82. The lowest BCUT2D eigenvalue weighted by molar-refractivity contribution is 0.602. The van der Waals surface area contributed by atoms with Crippen LogP contribution >= 0.6 is 0 Å². The molecule has 2 rings (SSSR count). The summed E-state index contributed by atoms with van der Waals surface area (Å²) in [5.41, 5.74) is 2.64. The lowest BCUT2D eigenvalue weighted by atomic mass is 10.2. The Labute approximate surface area is 107 Å². The van der Waals surface area contributed by atoms with Gasteiger partial charge in [-0.25, -0.2) is 4.39 Å². The van der Waals surface area contributed by atoms with Gasteiger partial charge in [-0.2, -0.15) is 5.10 Å². The fraction of sp³-hybridized carbons (Fsp3) is 0.357. The summed E-state index contributed by atoms with van der Waals surface area (Å²) in [7, 11) is 0. The van der Waals surface area contributed by atoms with Gasteiger partial charge in [-0.1, -0.05) is 13.0 Å². The third kappa shape index (κ3) is 3.09. The number of halogens is 1. The zero-order valence-corrected chi connectivity index (χ0v) is 10.8. The molecular weight excluding hydrogens is 229 g/mol. The molecule has 1 aromatic carbocycles. The van der Waals surface area contributed by atoms with Crippen LogP contribution in [0.3, 0.4) is 0 Å². The van der Waals surface area contributed by atoms with Crippen molar-refractivity contribution in [3.05, 3.63) is 47.5 Å². The smallest absolute Gasteiger partial charge is 0.146 e. The van der Waals surface area contributed by atoms with Gasteiger partial charge in [0.25, 0.3) is 0 Å². The van der Waals surface area contributed by atoms with Gasteiger partial charge in [0.1, 0.15) is 5.82 Å². The maximum absolute atomic E-state index is 13.5. The van der Waals surface area contributed by atoms with Crippen molar-refractivity contribution in [3.8, 4) is 0 Å². The topological polar surface area (TPSA) is 29.9 Å². The van der Waals surface area contributed by atoms with Gasteiger partial charge in [-0.3, -0.25) is 4.68 Å². The van der Waals surface area contributed by atoms with Crippen molar-refractivity contribution in [2.45, 2.75) is 33.4 Å². The number of aryl methyl sites for hydroxylation is 2. The van der Waals surface area contributed by atoms with Gasteiger partial charge in [0.15, 0.2) is 0 Å². The Morgan fingerprint density at radius 1 is 1.39 bits per heavy atom. The zero-order chi connectivity index (χ0) is 13.0. The van der Waals surface area contributed by atoms with E-state index in [4.69, 9.17) is 0 Å². The van der Waals surface area contributed by atoms with E-state index < -0.39 is 0 Å². The number of nitrogens with zero attached hydrogens (tertiary/aromatic N) is 2. The van der Waals surface area contributed by atoms with E-state index in [2.05, 4.69) is 17.3 Å². The van der Waals surface area contributed by atoms with Gasteiger partial charge >= 0.3 is 0 Å². The molecule has 96 valence electrons. The molecule has 0 aliphatic carbocycles. The highest BCUT2D eigenvalue weighted by Crippen LogP contribution is 2.16. The maximum atomic E-state index is 13.5. The molecule has 0 atom stereocenters. The molecule has 4 heteroatoms. The zero-order valence-electron chi connectivity index (χ0n) is 10.8. The number of aromatic nitrogens is 2. The summed E-state index contributed by atoms with van der Waals surface area (Å²) < 4.78 is 15.4. The van der Waals surface area contributed by atoms with E-state index in [1.54, 1.807) is 6.07 Å². The Hall–Kier alpha value is -1.84. The first kappa shape index (κ1) is 12.6. The van der Waals surface area contributed by atoms with Crippen LogP contribution in [0, 0.1) is 12.7 Å². The van der Waals surface area contributed by atoms with Crippen LogP contribution in [0.25, 0.3) is 0 Å². The lowest BCUT2D eigenvalue weighted by Crippen LogP contribution is -2.01. The predicted molar refractivity (Wildman–Crippen MR) is 71.0 cm³/mol. The summed E-state index contributed by atoms with van der Waals surface area (Å²) in [5, 5.41) is 7.34. The van der Waals surface area contributed by atoms with Crippen LogP contribution in [0.1, 0.15) is 24.5 Å². The molecule has 0 aliphatic heterocycles. The van der Waals surface area contributed by atoms with Crippen molar-refractivity contribution in [2.75, 3.05) is 5.32 Å². The Balaban J connectivity index is 1.99. The van der Waals surface area contributed by atoms with Crippen LogP contribution in [0.15, 0.2) is 30.6 Å². The van der Waals surface area contributed by atoms with Gasteiger partial charge in [-0.05, 0) is 31.0 Å². The molecule has 0 saturated heterocycles. The molecule has 0 aliphatic rings. The summed E-state index contributed by atoms with van der Waals surface area (Å²) in [6.45, 7) is 5.56. The van der Waals surface area contributed by atoms with Crippen molar-refractivity contribution in [3.63, 3.8) is 0 Å². The fourth-order valence-electron chi connectivity index (χ4n) is 1.82. The summed E-state index contributed by atoms with van der Waals surface area (Å²) >= 11 is 0. The van der Waals surface area contributed by atoms with Gasteiger partial charge in [0, 0.05) is 24.8 Å². The van der Waals surface area contributed by atoms with Crippen LogP contribution < -0.4 is 5.32 Å². The summed E-state index contributed by atoms with van der Waals surface area (Å²) in [5.74, 6) is -0.221. The normalized spacial score (nSPS) is 10.6. The van der Waals surface area contributed by atoms with E-state index >= 15 is 0 Å². The van der Waals surface area contributed by atoms with Crippen LogP contribution in [0.4, 0.5) is 10.1 Å². The minimum Gasteiger partial charge on any atom is -0.378 e. The standard InChI is InChI=1S/C14H18FN3/c1-3-6-18-10-12(9-17-18)8-16-14-7-11(2)4-5-13(14)15/h4-5,7,9-10,16H,3,6,8H2,1-2H3. The second-order valence-corrected chi connectivity index (χ2v) is 4.45. The Kier molecular flexibility index (Phi) is 3.97. The molecule has 0 unspecified atom stereocenters. The van der Waals surface area contributed by atoms with Crippen LogP contribution in [-0.2, 0) is 13.1 Å². The molecule has 1 aromatic heterocycles. The van der Waals surface area contributed by atoms with E-state index in [0.29, 0.717) is 12.2 Å². The molecule has 0 radical (unpaired) electrons. The number of hydrogen-bond acceptors (Lipinski definition) is 2. The van der Waals surface area contributed by atoms with Crippen molar-refractivity contribution in [2.24, 2.45) is 0 Å². The molecule has 0 saturated carbocycles. The van der Waals surface area contributed by atoms with E-state index in [1.807, 2.05) is 30.1 Å². The lowest BCUT2D eigenvalue weighted by Gasteiger charge is -2.07. The number of rotatable bonds is 5. The number of anilines is 1. The van der Waals surface area contributed by atoms with Gasteiger partial charge in [-0.15, -0.1) is 0 Å². The maximum Gasteiger partial charge on any atom is 0.146 e. The highest BCUT2D eigenvalue weighted by atomic mass is 19.1. The van der Waals surface area contributed by atoms with Crippen molar-refractivity contribution in [1.29, 1.82) is 0 Å². The van der Waals surface area contributed by atoms with Crippen LogP contribution in [-0.4, -0.2) is 9.78 Å². The summed E-state index contributed by atoms with van der Waals surface area (Å²) in [6.07, 6.45) is 4.86.